The first-order valence-electron chi connectivity index (χ1n) is 12.6. The molecule has 1 aliphatic carbocycles. The fourth-order valence-electron chi connectivity index (χ4n) is 5.46. The molecule has 1 fully saturated rings. The molecule has 202 valence electrons. The Morgan fingerprint density at radius 1 is 1.03 bits per heavy atom. The van der Waals surface area contributed by atoms with Crippen LogP contribution in [0.25, 0.3) is 16.9 Å². The van der Waals surface area contributed by atoms with Gasteiger partial charge in [-0.25, -0.2) is 19.3 Å². The number of aryl methyl sites for hydroxylation is 1. The average Bonchev–Trinajstić information content (AvgIpc) is 3.61. The summed E-state index contributed by atoms with van der Waals surface area (Å²) in [6.45, 7) is 2.11. The van der Waals surface area contributed by atoms with Gasteiger partial charge in [0.1, 0.15) is 29.6 Å². The molecular formula is C28H27F4N7. The zero-order valence-corrected chi connectivity index (χ0v) is 21.1. The van der Waals surface area contributed by atoms with Crippen molar-refractivity contribution in [3.63, 3.8) is 0 Å². The fourth-order valence-corrected chi connectivity index (χ4v) is 5.46. The number of hydrogen-bond donors (Lipinski definition) is 2. The Hall–Kier alpha value is -3.80. The van der Waals surface area contributed by atoms with Crippen LogP contribution in [0.1, 0.15) is 36.1 Å². The van der Waals surface area contributed by atoms with Crippen molar-refractivity contribution in [1.82, 2.24) is 19.4 Å². The molecule has 1 saturated carbocycles. The molecule has 0 amide bonds. The first-order chi connectivity index (χ1) is 18.6. The molecule has 1 aliphatic heterocycles. The predicted octanol–water partition coefficient (Wildman–Crippen LogP) is 5.00. The third-order valence-electron chi connectivity index (χ3n) is 7.65. The second kappa shape index (κ2) is 9.15. The van der Waals surface area contributed by atoms with Gasteiger partial charge in [0, 0.05) is 30.2 Å². The van der Waals surface area contributed by atoms with Crippen molar-refractivity contribution in [1.29, 1.82) is 0 Å². The summed E-state index contributed by atoms with van der Waals surface area (Å²) in [5.74, 6) is 0.411. The quantitative estimate of drug-likeness (QED) is 0.349. The van der Waals surface area contributed by atoms with Crippen molar-refractivity contribution in [2.75, 3.05) is 4.90 Å². The van der Waals surface area contributed by atoms with Crippen LogP contribution in [0.3, 0.4) is 0 Å². The molecule has 0 radical (unpaired) electrons. The number of nitrogens with zero attached hydrogens (tertiary/aromatic N) is 5. The lowest BCUT2D eigenvalue weighted by Gasteiger charge is -2.50. The minimum Gasteiger partial charge on any atom is -0.337 e. The Bertz CT molecular complexity index is 1510. The number of aromatic nitrogens is 3. The van der Waals surface area contributed by atoms with E-state index in [4.69, 9.17) is 16.5 Å². The van der Waals surface area contributed by atoms with Gasteiger partial charge in [0.05, 0.1) is 17.1 Å². The molecule has 3 heterocycles. The van der Waals surface area contributed by atoms with Crippen molar-refractivity contribution in [2.24, 2.45) is 11.5 Å². The van der Waals surface area contributed by atoms with Crippen molar-refractivity contribution < 1.29 is 17.6 Å². The number of nitrogens with two attached hydrogens (primary N) is 2. The maximum Gasteiger partial charge on any atom is 0.406 e. The van der Waals surface area contributed by atoms with Crippen molar-refractivity contribution in [3.05, 3.63) is 96.0 Å². The molecule has 2 aromatic heterocycles. The number of hydrogen-bond acceptors (Lipinski definition) is 6. The van der Waals surface area contributed by atoms with E-state index in [0.29, 0.717) is 16.9 Å². The van der Waals surface area contributed by atoms with Crippen LogP contribution in [0.4, 0.5) is 23.2 Å². The minimum atomic E-state index is -4.52. The summed E-state index contributed by atoms with van der Waals surface area (Å²) >= 11 is 0. The summed E-state index contributed by atoms with van der Waals surface area (Å²) in [5, 5.41) is 0. The summed E-state index contributed by atoms with van der Waals surface area (Å²) in [5.41, 5.74) is 14.7. The van der Waals surface area contributed by atoms with Crippen molar-refractivity contribution in [2.45, 2.75) is 50.5 Å². The van der Waals surface area contributed by atoms with E-state index in [1.54, 1.807) is 35.4 Å². The summed E-state index contributed by atoms with van der Waals surface area (Å²) in [4.78, 5) is 11.8. The van der Waals surface area contributed by atoms with Gasteiger partial charge in [-0.15, -0.1) is 0 Å². The highest BCUT2D eigenvalue weighted by Gasteiger charge is 2.70. The summed E-state index contributed by atoms with van der Waals surface area (Å²) in [7, 11) is 0. The number of rotatable bonds is 5. The predicted molar refractivity (Wildman–Crippen MR) is 139 cm³/mol. The maximum absolute atomic E-state index is 14.4. The van der Waals surface area contributed by atoms with Crippen molar-refractivity contribution in [3.8, 4) is 16.9 Å². The molecule has 2 aliphatic rings. The SMILES string of the molecule is Cc1nccn1-c1cccc(CN2c3ccc(-c4ccc(F)cc4)nc3C(N)N(C3(C(F)(F)F)CC3)C2N)c1. The van der Waals surface area contributed by atoms with E-state index in [1.165, 1.54) is 12.1 Å². The minimum absolute atomic E-state index is 0.0892. The zero-order valence-electron chi connectivity index (χ0n) is 21.1. The number of anilines is 1. The molecule has 2 unspecified atom stereocenters. The molecule has 2 atom stereocenters. The van der Waals surface area contributed by atoms with Gasteiger partial charge in [-0.3, -0.25) is 5.73 Å². The van der Waals surface area contributed by atoms with E-state index in [1.807, 2.05) is 42.0 Å². The van der Waals surface area contributed by atoms with Crippen molar-refractivity contribution >= 4 is 5.69 Å². The molecule has 7 nitrogen and oxygen atoms in total. The van der Waals surface area contributed by atoms with E-state index in [0.717, 1.165) is 22.0 Å². The van der Waals surface area contributed by atoms with Crippen LogP contribution in [0.15, 0.2) is 73.1 Å². The highest BCUT2D eigenvalue weighted by atomic mass is 19.4. The first kappa shape index (κ1) is 25.5. The number of benzene rings is 2. The first-order valence-corrected chi connectivity index (χ1v) is 12.6. The fraction of sp³-hybridized carbons (Fsp3) is 0.286. The average molecular weight is 538 g/mol. The number of fused-ring (bicyclic) bond motifs is 1. The smallest absolute Gasteiger partial charge is 0.337 e. The van der Waals surface area contributed by atoms with E-state index in [-0.39, 0.29) is 25.1 Å². The standard InChI is InChI=1S/C28H27F4N7/c1-17-35-13-14-37(17)21-4-2-3-18(15-21)16-38-23-10-9-22(19-5-7-20(29)8-6-19)36-24(23)25(33)39(26(38)34)27(11-12-27)28(30,31)32/h2-10,13-15,25-26H,11-12,16,33-34H2,1H3. The van der Waals surface area contributed by atoms with Gasteiger partial charge in [0.2, 0.25) is 0 Å². The second-order valence-corrected chi connectivity index (χ2v) is 10.0. The molecular weight excluding hydrogens is 510 g/mol. The number of halogens is 4. The largest absolute Gasteiger partial charge is 0.406 e. The van der Waals surface area contributed by atoms with E-state index < -0.39 is 30.0 Å². The molecule has 11 heteroatoms. The Balaban J connectivity index is 1.44. The van der Waals surface area contributed by atoms with Crippen LogP contribution in [0, 0.1) is 12.7 Å². The van der Waals surface area contributed by atoms with Crippen LogP contribution in [-0.4, -0.2) is 37.4 Å². The molecule has 39 heavy (non-hydrogen) atoms. The zero-order chi connectivity index (χ0) is 27.5. The van der Waals surface area contributed by atoms with Crippen LogP contribution in [0.2, 0.25) is 0 Å². The molecule has 0 saturated heterocycles. The van der Waals surface area contributed by atoms with Gasteiger partial charge in [0.15, 0.2) is 0 Å². The summed E-state index contributed by atoms with van der Waals surface area (Å²) in [6, 6.07) is 17.0. The monoisotopic (exact) mass is 537 g/mol. The molecule has 0 bridgehead atoms. The lowest BCUT2D eigenvalue weighted by atomic mass is 10.0. The maximum atomic E-state index is 14.4. The Morgan fingerprint density at radius 2 is 1.77 bits per heavy atom. The summed E-state index contributed by atoms with van der Waals surface area (Å²) < 4.78 is 58.5. The third kappa shape index (κ3) is 4.26. The summed E-state index contributed by atoms with van der Waals surface area (Å²) in [6.07, 6.45) is -3.47. The van der Waals surface area contributed by atoms with E-state index >= 15 is 0 Å². The molecule has 4 N–H and O–H groups in total. The van der Waals surface area contributed by atoms with Gasteiger partial charge in [-0.1, -0.05) is 12.1 Å². The molecule has 0 spiro atoms. The second-order valence-electron chi connectivity index (χ2n) is 10.0. The lowest BCUT2D eigenvalue weighted by Crippen LogP contribution is -2.67. The number of imidazole rings is 1. The van der Waals surface area contributed by atoms with Crippen LogP contribution >= 0.6 is 0 Å². The molecule has 2 aromatic carbocycles. The van der Waals surface area contributed by atoms with Gasteiger partial charge >= 0.3 is 6.18 Å². The Kier molecular flexibility index (Phi) is 5.97. The Morgan fingerprint density at radius 3 is 2.41 bits per heavy atom. The highest BCUT2D eigenvalue weighted by Crippen LogP contribution is 2.57. The molecule has 6 rings (SSSR count). The third-order valence-corrected chi connectivity index (χ3v) is 7.65. The van der Waals surface area contributed by atoms with Gasteiger partial charge in [-0.05, 0) is 73.9 Å². The van der Waals surface area contributed by atoms with Crippen LogP contribution in [0.5, 0.6) is 0 Å². The topological polar surface area (TPSA) is 89.2 Å². The Labute approximate surface area is 222 Å². The highest BCUT2D eigenvalue weighted by molar-refractivity contribution is 5.65. The molecule has 4 aromatic rings. The van der Waals surface area contributed by atoms with Gasteiger partial charge in [0.25, 0.3) is 0 Å². The van der Waals surface area contributed by atoms with Gasteiger partial charge < -0.3 is 15.2 Å². The number of pyridine rings is 1. The van der Waals surface area contributed by atoms with Crippen LogP contribution in [-0.2, 0) is 6.54 Å². The van der Waals surface area contributed by atoms with Crippen LogP contribution < -0.4 is 16.4 Å². The van der Waals surface area contributed by atoms with Gasteiger partial charge in [-0.2, -0.15) is 13.2 Å². The lowest BCUT2D eigenvalue weighted by molar-refractivity contribution is -0.211. The number of alkyl halides is 3. The normalized spacial score (nSPS) is 20.6. The van der Waals surface area contributed by atoms with E-state index in [9.17, 15) is 17.6 Å². The van der Waals surface area contributed by atoms with E-state index in [2.05, 4.69) is 4.98 Å².